The summed E-state index contributed by atoms with van der Waals surface area (Å²) in [5.41, 5.74) is 0.805. The minimum atomic E-state index is -3.21. The fraction of sp³-hybridized carbons (Fsp3) is 0.706. The molecule has 136 valence electrons. The van der Waals surface area contributed by atoms with Gasteiger partial charge in [0.25, 0.3) is 0 Å². The molecule has 0 N–H and O–H groups in total. The molecule has 1 atom stereocenters. The Morgan fingerprint density at radius 2 is 2.12 bits per heavy atom. The van der Waals surface area contributed by atoms with E-state index in [9.17, 15) is 13.2 Å². The van der Waals surface area contributed by atoms with Gasteiger partial charge in [0, 0.05) is 36.8 Å². The Kier molecular flexibility index (Phi) is 3.97. The molecule has 2 saturated heterocycles. The van der Waals surface area contributed by atoms with Crippen LogP contribution in [0.25, 0.3) is 0 Å². The lowest BCUT2D eigenvalue weighted by Crippen LogP contribution is -2.69. The van der Waals surface area contributed by atoms with Gasteiger partial charge in [0.05, 0.1) is 12.4 Å². The number of ether oxygens (including phenoxy) is 1. The predicted octanol–water partition coefficient (Wildman–Crippen LogP) is 0.980. The Hall–Kier alpha value is -1.70. The van der Waals surface area contributed by atoms with E-state index in [1.807, 2.05) is 6.92 Å². The van der Waals surface area contributed by atoms with E-state index >= 15 is 0 Å². The third kappa shape index (κ3) is 2.70. The van der Waals surface area contributed by atoms with Crippen molar-refractivity contribution in [2.75, 3.05) is 25.4 Å². The molecular weight excluding hydrogens is 342 g/mol. The minimum absolute atomic E-state index is 0.108. The Morgan fingerprint density at radius 3 is 2.76 bits per heavy atom. The van der Waals surface area contributed by atoms with Crippen molar-refractivity contribution in [2.24, 2.45) is 11.8 Å². The van der Waals surface area contributed by atoms with Crippen LogP contribution in [0.2, 0.25) is 0 Å². The fourth-order valence-electron chi connectivity index (χ4n) is 4.05. The van der Waals surface area contributed by atoms with Crippen LogP contribution in [-0.2, 0) is 14.6 Å². The molecule has 1 unspecified atom stereocenters. The van der Waals surface area contributed by atoms with Gasteiger partial charge in [-0.15, -0.1) is 0 Å². The number of likely N-dealkylation sites (tertiary alicyclic amines) is 1. The monoisotopic (exact) mass is 365 g/mol. The number of aryl methyl sites for hydroxylation is 1. The second kappa shape index (κ2) is 5.93. The zero-order chi connectivity index (χ0) is 17.7. The van der Waals surface area contributed by atoms with Gasteiger partial charge in [-0.25, -0.2) is 18.4 Å². The standard InChI is InChI=1S/C17H23N3O4S/c1-12-5-7-18-16(19-12)24-9-14-6-8-25(22,23)17(14)10-20(11-17)15(21)13-3-2-4-13/h5,7,13-14H,2-4,6,8-11H2,1H3. The lowest BCUT2D eigenvalue weighted by atomic mass is 9.79. The molecule has 1 aliphatic carbocycles. The van der Waals surface area contributed by atoms with Gasteiger partial charge in [0.1, 0.15) is 4.75 Å². The van der Waals surface area contributed by atoms with Gasteiger partial charge in [0.2, 0.25) is 5.91 Å². The molecule has 8 heteroatoms. The number of carbonyl (C=O) groups is 1. The minimum Gasteiger partial charge on any atom is -0.463 e. The van der Waals surface area contributed by atoms with E-state index in [0.29, 0.717) is 19.5 Å². The number of hydrogen-bond donors (Lipinski definition) is 0. The van der Waals surface area contributed by atoms with Crippen LogP contribution < -0.4 is 4.74 Å². The molecule has 3 fully saturated rings. The zero-order valence-electron chi connectivity index (χ0n) is 14.3. The van der Waals surface area contributed by atoms with Crippen molar-refractivity contribution in [1.82, 2.24) is 14.9 Å². The molecule has 1 amide bonds. The van der Waals surface area contributed by atoms with Crippen LogP contribution in [0.4, 0.5) is 0 Å². The summed E-state index contributed by atoms with van der Waals surface area (Å²) in [5, 5.41) is 0. The summed E-state index contributed by atoms with van der Waals surface area (Å²) in [6.07, 6.45) is 5.17. The van der Waals surface area contributed by atoms with Crippen LogP contribution in [0.3, 0.4) is 0 Å². The lowest BCUT2D eigenvalue weighted by molar-refractivity contribution is -0.144. The van der Waals surface area contributed by atoms with Crippen molar-refractivity contribution < 1.29 is 17.9 Å². The third-order valence-corrected chi connectivity index (χ3v) is 8.57. The highest BCUT2D eigenvalue weighted by Crippen LogP contribution is 2.46. The molecule has 1 aromatic heterocycles. The van der Waals surface area contributed by atoms with E-state index in [0.717, 1.165) is 25.0 Å². The highest BCUT2D eigenvalue weighted by atomic mass is 32.2. The van der Waals surface area contributed by atoms with Crippen molar-refractivity contribution >= 4 is 15.7 Å². The van der Waals surface area contributed by atoms with E-state index in [1.165, 1.54) is 0 Å². The molecule has 0 aromatic carbocycles. The van der Waals surface area contributed by atoms with Crippen molar-refractivity contribution in [3.05, 3.63) is 18.0 Å². The molecule has 3 aliphatic rings. The van der Waals surface area contributed by atoms with E-state index in [1.54, 1.807) is 17.2 Å². The Labute approximate surface area is 147 Å². The van der Waals surface area contributed by atoms with Crippen LogP contribution in [0.1, 0.15) is 31.4 Å². The molecule has 0 radical (unpaired) electrons. The zero-order valence-corrected chi connectivity index (χ0v) is 15.2. The number of nitrogens with zero attached hydrogens (tertiary/aromatic N) is 3. The average Bonchev–Trinajstić information content (AvgIpc) is 2.72. The normalized spacial score (nSPS) is 26.9. The maximum absolute atomic E-state index is 12.6. The SMILES string of the molecule is Cc1ccnc(OCC2CCS(=O)(=O)C23CN(C(=O)C2CCC2)C3)n1. The van der Waals surface area contributed by atoms with E-state index in [-0.39, 0.29) is 36.1 Å². The maximum Gasteiger partial charge on any atom is 0.316 e. The average molecular weight is 365 g/mol. The van der Waals surface area contributed by atoms with Gasteiger partial charge in [-0.3, -0.25) is 4.79 Å². The van der Waals surface area contributed by atoms with Gasteiger partial charge in [-0.2, -0.15) is 0 Å². The number of aromatic nitrogens is 2. The van der Waals surface area contributed by atoms with Crippen molar-refractivity contribution in [2.45, 2.75) is 37.4 Å². The molecule has 1 aromatic rings. The van der Waals surface area contributed by atoms with Gasteiger partial charge in [-0.1, -0.05) is 6.42 Å². The van der Waals surface area contributed by atoms with Gasteiger partial charge in [0.15, 0.2) is 9.84 Å². The Balaban J connectivity index is 1.44. The third-order valence-electron chi connectivity index (χ3n) is 5.97. The van der Waals surface area contributed by atoms with Crippen LogP contribution in [0.5, 0.6) is 6.01 Å². The molecule has 3 heterocycles. The lowest BCUT2D eigenvalue weighted by Gasteiger charge is -2.51. The summed E-state index contributed by atoms with van der Waals surface area (Å²) >= 11 is 0. The smallest absolute Gasteiger partial charge is 0.316 e. The molecule has 0 bridgehead atoms. The summed E-state index contributed by atoms with van der Waals surface area (Å²) in [5.74, 6) is 0.283. The number of hydrogen-bond acceptors (Lipinski definition) is 6. The second-order valence-electron chi connectivity index (χ2n) is 7.48. The highest BCUT2D eigenvalue weighted by molar-refractivity contribution is 7.93. The largest absolute Gasteiger partial charge is 0.463 e. The first-order valence-electron chi connectivity index (χ1n) is 8.85. The predicted molar refractivity (Wildman–Crippen MR) is 90.8 cm³/mol. The molecule has 2 aliphatic heterocycles. The number of carbonyl (C=O) groups excluding carboxylic acids is 1. The Morgan fingerprint density at radius 1 is 1.36 bits per heavy atom. The first-order chi connectivity index (χ1) is 11.9. The van der Waals surface area contributed by atoms with Crippen LogP contribution in [0, 0.1) is 18.8 Å². The number of sulfone groups is 1. The molecule has 1 saturated carbocycles. The van der Waals surface area contributed by atoms with Crippen molar-refractivity contribution in [1.29, 1.82) is 0 Å². The number of amides is 1. The number of rotatable bonds is 4. The maximum atomic E-state index is 12.6. The Bertz CT molecular complexity index is 785. The van der Waals surface area contributed by atoms with E-state index in [4.69, 9.17) is 4.74 Å². The summed E-state index contributed by atoms with van der Waals surface area (Å²) < 4.78 is 30.1. The highest BCUT2D eigenvalue weighted by Gasteiger charge is 2.63. The molecule has 1 spiro atoms. The molecular formula is C17H23N3O4S. The molecule has 25 heavy (non-hydrogen) atoms. The second-order valence-corrected chi connectivity index (χ2v) is 9.93. The fourth-order valence-corrected chi connectivity index (χ4v) is 6.45. The van der Waals surface area contributed by atoms with Crippen molar-refractivity contribution in [3.63, 3.8) is 0 Å². The van der Waals surface area contributed by atoms with Gasteiger partial charge >= 0.3 is 6.01 Å². The van der Waals surface area contributed by atoms with Crippen molar-refractivity contribution in [3.8, 4) is 6.01 Å². The van der Waals surface area contributed by atoms with E-state index in [2.05, 4.69) is 9.97 Å². The molecule has 4 rings (SSSR count). The van der Waals surface area contributed by atoms with Crippen LogP contribution >= 0.6 is 0 Å². The topological polar surface area (TPSA) is 89.5 Å². The molecule has 7 nitrogen and oxygen atoms in total. The summed E-state index contributed by atoms with van der Waals surface area (Å²) in [4.78, 5) is 22.4. The van der Waals surface area contributed by atoms with E-state index < -0.39 is 14.6 Å². The summed E-state index contributed by atoms with van der Waals surface area (Å²) in [7, 11) is -3.21. The first-order valence-corrected chi connectivity index (χ1v) is 10.5. The van der Waals surface area contributed by atoms with Gasteiger partial charge < -0.3 is 9.64 Å². The summed E-state index contributed by atoms with van der Waals surface area (Å²) in [6, 6.07) is 2.06. The quantitative estimate of drug-likeness (QED) is 0.790. The van der Waals surface area contributed by atoms with Crippen LogP contribution in [0.15, 0.2) is 12.3 Å². The first kappa shape index (κ1) is 16.8. The van der Waals surface area contributed by atoms with Crippen LogP contribution in [-0.4, -0.2) is 59.4 Å². The van der Waals surface area contributed by atoms with Gasteiger partial charge in [-0.05, 0) is 32.3 Å². The summed E-state index contributed by atoms with van der Waals surface area (Å²) in [6.45, 7) is 2.75.